The van der Waals surface area contributed by atoms with Gasteiger partial charge in [0, 0.05) is 10.6 Å². The molecule has 0 aliphatic carbocycles. The van der Waals surface area contributed by atoms with Crippen molar-refractivity contribution in [3.05, 3.63) is 52.2 Å². The number of hydrogen-bond donors (Lipinski definition) is 1. The molecular weight excluding hydrogens is 232 g/mol. The first kappa shape index (κ1) is 11.4. The Kier molecular flexibility index (Phi) is 3.53. The number of nitrogens with zero attached hydrogens (tertiary/aromatic N) is 1. The number of thiophene rings is 1. The van der Waals surface area contributed by atoms with E-state index in [9.17, 15) is 4.79 Å². The van der Waals surface area contributed by atoms with Gasteiger partial charge in [0.15, 0.2) is 0 Å². The second-order valence-corrected chi connectivity index (χ2v) is 4.53. The van der Waals surface area contributed by atoms with Crippen LogP contribution in [0.25, 0.3) is 0 Å². The maximum atomic E-state index is 11.7. The van der Waals surface area contributed by atoms with Crippen LogP contribution in [-0.4, -0.2) is 5.91 Å². The summed E-state index contributed by atoms with van der Waals surface area (Å²) in [4.78, 5) is 12.7. The first-order valence-electron chi connectivity index (χ1n) is 5.10. The number of benzene rings is 1. The van der Waals surface area contributed by atoms with Crippen molar-refractivity contribution in [2.45, 2.75) is 6.42 Å². The quantitative estimate of drug-likeness (QED) is 0.899. The number of carbonyl (C=O) groups excluding carboxylic acids is 1. The van der Waals surface area contributed by atoms with Gasteiger partial charge in [0.1, 0.15) is 0 Å². The summed E-state index contributed by atoms with van der Waals surface area (Å²) in [6.07, 6.45) is 0.369. The molecule has 84 valence electrons. The number of nitriles is 1. The molecule has 0 bridgehead atoms. The van der Waals surface area contributed by atoms with Gasteiger partial charge in [-0.15, -0.1) is 11.3 Å². The summed E-state index contributed by atoms with van der Waals surface area (Å²) in [5, 5.41) is 13.5. The predicted molar refractivity (Wildman–Crippen MR) is 67.8 cm³/mol. The summed E-state index contributed by atoms with van der Waals surface area (Å²) < 4.78 is 0. The highest BCUT2D eigenvalue weighted by molar-refractivity contribution is 7.10. The average molecular weight is 242 g/mol. The first-order chi connectivity index (χ1) is 8.28. The normalized spacial score (nSPS) is 9.59. The molecule has 0 unspecified atom stereocenters. The number of hydrogen-bond acceptors (Lipinski definition) is 3. The topological polar surface area (TPSA) is 52.9 Å². The Balaban J connectivity index is 2.01. The maximum Gasteiger partial charge on any atom is 0.229 e. The van der Waals surface area contributed by atoms with Crippen molar-refractivity contribution in [3.8, 4) is 6.07 Å². The van der Waals surface area contributed by atoms with E-state index in [1.807, 2.05) is 23.6 Å². The molecule has 0 spiro atoms. The number of carbonyl (C=O) groups is 1. The minimum absolute atomic E-state index is 0.0671. The lowest BCUT2D eigenvalue weighted by atomic mass is 10.2. The van der Waals surface area contributed by atoms with Crippen molar-refractivity contribution in [3.63, 3.8) is 0 Å². The Labute approximate surface area is 103 Å². The highest BCUT2D eigenvalue weighted by Gasteiger charge is 2.05. The third-order valence-electron chi connectivity index (χ3n) is 2.19. The van der Waals surface area contributed by atoms with Gasteiger partial charge in [-0.25, -0.2) is 0 Å². The van der Waals surface area contributed by atoms with Crippen LogP contribution in [0.5, 0.6) is 0 Å². The third-order valence-corrected chi connectivity index (χ3v) is 3.07. The number of rotatable bonds is 3. The van der Waals surface area contributed by atoms with E-state index in [0.29, 0.717) is 17.7 Å². The average Bonchev–Trinajstić information content (AvgIpc) is 2.82. The lowest BCUT2D eigenvalue weighted by Crippen LogP contribution is -2.13. The van der Waals surface area contributed by atoms with E-state index in [1.165, 1.54) is 0 Å². The summed E-state index contributed by atoms with van der Waals surface area (Å²) >= 11 is 1.56. The van der Waals surface area contributed by atoms with Crippen molar-refractivity contribution >= 4 is 22.9 Å². The molecule has 1 N–H and O–H groups in total. The van der Waals surface area contributed by atoms with Gasteiger partial charge in [0.25, 0.3) is 0 Å². The van der Waals surface area contributed by atoms with Crippen LogP contribution in [0.2, 0.25) is 0 Å². The van der Waals surface area contributed by atoms with Gasteiger partial charge < -0.3 is 5.32 Å². The highest BCUT2D eigenvalue weighted by atomic mass is 32.1. The Morgan fingerprint density at radius 3 is 2.94 bits per heavy atom. The zero-order valence-electron chi connectivity index (χ0n) is 9.01. The zero-order chi connectivity index (χ0) is 12.1. The minimum atomic E-state index is -0.0671. The predicted octanol–water partition coefficient (Wildman–Crippen LogP) is 2.80. The van der Waals surface area contributed by atoms with E-state index in [-0.39, 0.29) is 5.91 Å². The van der Waals surface area contributed by atoms with Crippen LogP contribution < -0.4 is 5.32 Å². The standard InChI is InChI=1S/C13H10N2OS/c14-9-10-3-1-4-11(7-10)15-13(16)8-12-5-2-6-17-12/h1-7H,8H2,(H,15,16). The molecule has 2 aromatic rings. The third kappa shape index (κ3) is 3.16. The Morgan fingerprint density at radius 2 is 2.24 bits per heavy atom. The van der Waals surface area contributed by atoms with Crippen LogP contribution in [0.4, 0.5) is 5.69 Å². The summed E-state index contributed by atoms with van der Waals surface area (Å²) in [6.45, 7) is 0. The molecule has 2 rings (SSSR count). The van der Waals surface area contributed by atoms with Crippen LogP contribution >= 0.6 is 11.3 Å². The Hall–Kier alpha value is -2.12. The van der Waals surface area contributed by atoms with Crippen molar-refractivity contribution in [2.75, 3.05) is 5.32 Å². The monoisotopic (exact) mass is 242 g/mol. The first-order valence-corrected chi connectivity index (χ1v) is 5.98. The highest BCUT2D eigenvalue weighted by Crippen LogP contribution is 2.13. The largest absolute Gasteiger partial charge is 0.326 e. The van der Waals surface area contributed by atoms with E-state index in [1.54, 1.807) is 35.6 Å². The fourth-order valence-electron chi connectivity index (χ4n) is 1.44. The van der Waals surface area contributed by atoms with Crippen molar-refractivity contribution in [2.24, 2.45) is 0 Å². The molecule has 0 aliphatic heterocycles. The van der Waals surface area contributed by atoms with Crippen LogP contribution in [0.15, 0.2) is 41.8 Å². The molecule has 0 fully saturated rings. The second kappa shape index (κ2) is 5.28. The molecule has 3 nitrogen and oxygen atoms in total. The molecule has 0 saturated heterocycles. The molecule has 0 atom stereocenters. The van der Waals surface area contributed by atoms with Crippen LogP contribution in [0, 0.1) is 11.3 Å². The molecule has 1 aromatic carbocycles. The van der Waals surface area contributed by atoms with Crippen molar-refractivity contribution in [1.29, 1.82) is 5.26 Å². The maximum absolute atomic E-state index is 11.7. The van der Waals surface area contributed by atoms with Gasteiger partial charge in [0.2, 0.25) is 5.91 Å². The molecule has 0 aliphatic rings. The van der Waals surface area contributed by atoms with Crippen molar-refractivity contribution < 1.29 is 4.79 Å². The van der Waals surface area contributed by atoms with Gasteiger partial charge in [-0.2, -0.15) is 5.26 Å². The van der Waals surface area contributed by atoms with E-state index in [2.05, 4.69) is 5.32 Å². The Morgan fingerprint density at radius 1 is 1.35 bits per heavy atom. The molecule has 17 heavy (non-hydrogen) atoms. The van der Waals surface area contributed by atoms with E-state index < -0.39 is 0 Å². The van der Waals surface area contributed by atoms with Crippen LogP contribution in [0.1, 0.15) is 10.4 Å². The molecular formula is C13H10N2OS. The molecule has 0 saturated carbocycles. The van der Waals surface area contributed by atoms with Gasteiger partial charge >= 0.3 is 0 Å². The second-order valence-electron chi connectivity index (χ2n) is 3.50. The summed E-state index contributed by atoms with van der Waals surface area (Å²) in [5.41, 5.74) is 1.20. The van der Waals surface area contributed by atoms with Crippen molar-refractivity contribution in [1.82, 2.24) is 0 Å². The van der Waals surface area contributed by atoms with Gasteiger partial charge in [-0.05, 0) is 29.6 Å². The number of amides is 1. The zero-order valence-corrected chi connectivity index (χ0v) is 9.83. The van der Waals surface area contributed by atoms with Gasteiger partial charge in [0.05, 0.1) is 18.1 Å². The fourth-order valence-corrected chi connectivity index (χ4v) is 2.15. The molecule has 4 heteroatoms. The summed E-state index contributed by atoms with van der Waals surface area (Å²) in [6, 6.07) is 12.8. The van der Waals surface area contributed by atoms with Crippen LogP contribution in [0.3, 0.4) is 0 Å². The van der Waals surface area contributed by atoms with Gasteiger partial charge in [-0.1, -0.05) is 12.1 Å². The lowest BCUT2D eigenvalue weighted by molar-refractivity contribution is -0.115. The SMILES string of the molecule is N#Cc1cccc(NC(=O)Cc2cccs2)c1. The van der Waals surface area contributed by atoms with Gasteiger partial charge in [-0.3, -0.25) is 4.79 Å². The smallest absolute Gasteiger partial charge is 0.229 e. The molecule has 1 heterocycles. The molecule has 0 radical (unpaired) electrons. The fraction of sp³-hybridized carbons (Fsp3) is 0.0769. The molecule has 1 amide bonds. The van der Waals surface area contributed by atoms with E-state index >= 15 is 0 Å². The Bertz CT molecular complexity index is 555. The number of nitrogens with one attached hydrogen (secondary N) is 1. The summed E-state index contributed by atoms with van der Waals surface area (Å²) in [5.74, 6) is -0.0671. The molecule has 1 aromatic heterocycles. The van der Waals surface area contributed by atoms with E-state index in [4.69, 9.17) is 5.26 Å². The number of anilines is 1. The van der Waals surface area contributed by atoms with E-state index in [0.717, 1.165) is 4.88 Å². The minimum Gasteiger partial charge on any atom is -0.326 e. The van der Waals surface area contributed by atoms with Crippen LogP contribution in [-0.2, 0) is 11.2 Å². The lowest BCUT2D eigenvalue weighted by Gasteiger charge is -2.04. The summed E-state index contributed by atoms with van der Waals surface area (Å²) in [7, 11) is 0.